The molecule has 1 heterocycles. The summed E-state index contributed by atoms with van der Waals surface area (Å²) in [5.74, 6) is -0.334. The van der Waals surface area contributed by atoms with Crippen LogP contribution >= 0.6 is 9.39 Å². The van der Waals surface area contributed by atoms with Crippen molar-refractivity contribution in [1.29, 1.82) is 0 Å². The highest BCUT2D eigenvalue weighted by Crippen LogP contribution is 2.29. The second kappa shape index (κ2) is 2.88. The van der Waals surface area contributed by atoms with E-state index in [-0.39, 0.29) is 19.1 Å². The van der Waals surface area contributed by atoms with Crippen molar-refractivity contribution >= 4 is 21.6 Å². The molecule has 2 unspecified atom stereocenters. The summed E-state index contributed by atoms with van der Waals surface area (Å²) < 4.78 is 6.38. The molecule has 1 rings (SSSR count). The molecule has 0 radical (unpaired) electrons. The number of esters is 1. The number of hydrogen-bond acceptors (Lipinski definition) is 4. The van der Waals surface area contributed by atoms with Crippen molar-refractivity contribution in [3.63, 3.8) is 0 Å². The molecule has 62 valence electrons. The van der Waals surface area contributed by atoms with Gasteiger partial charge in [0.15, 0.2) is 0 Å². The van der Waals surface area contributed by atoms with Crippen molar-refractivity contribution in [3.05, 3.63) is 0 Å². The fraction of sp³-hybridized carbons (Fsp3) is 0.667. The van der Waals surface area contributed by atoms with Crippen LogP contribution in [-0.2, 0) is 14.3 Å². The molecule has 0 spiro atoms. The van der Waals surface area contributed by atoms with E-state index in [9.17, 15) is 9.59 Å². The Kier molecular flexibility index (Phi) is 2.25. The lowest BCUT2D eigenvalue weighted by Gasteiger charge is -2.23. The normalized spacial score (nSPS) is 32.0. The first-order valence-electron chi connectivity index (χ1n) is 3.24. The van der Waals surface area contributed by atoms with Crippen LogP contribution < -0.4 is 0 Å². The lowest BCUT2D eigenvalue weighted by atomic mass is 10.0. The third-order valence-corrected chi connectivity index (χ3v) is 2.61. The predicted molar refractivity (Wildman–Crippen MR) is 41.6 cm³/mol. The lowest BCUT2D eigenvalue weighted by molar-refractivity contribution is -0.143. The maximum atomic E-state index is 11.1. The van der Waals surface area contributed by atoms with Gasteiger partial charge in [0.25, 0.3) is 0 Å². The van der Waals surface area contributed by atoms with Crippen LogP contribution in [0.1, 0.15) is 13.3 Å². The van der Waals surface area contributed by atoms with Gasteiger partial charge in [-0.15, -0.1) is 0 Å². The zero-order chi connectivity index (χ0) is 8.48. The van der Waals surface area contributed by atoms with Gasteiger partial charge in [-0.05, 0) is 6.92 Å². The topological polar surface area (TPSA) is 46.6 Å². The van der Waals surface area contributed by atoms with Gasteiger partial charge in [0, 0.05) is 6.42 Å². The average Bonchev–Trinajstić information content (AvgIpc) is 2.19. The minimum Gasteiger partial charge on any atom is -0.448 e. The Labute approximate surface area is 67.1 Å². The summed E-state index contributed by atoms with van der Waals surface area (Å²) >= 11 is 0. The Morgan fingerprint density at radius 3 is 2.91 bits per heavy atom. The summed E-state index contributed by atoms with van der Waals surface area (Å²) in [7, 11) is 2.37. The number of ether oxygens (including phenoxy) is 1. The second-order valence-corrected chi connectivity index (χ2v) is 3.30. The number of carbonyl (C=O) groups is 2. The molecule has 1 aliphatic heterocycles. The van der Waals surface area contributed by atoms with Gasteiger partial charge in [0.2, 0.25) is 0 Å². The molecule has 2 atom stereocenters. The fourth-order valence-electron chi connectivity index (χ4n) is 0.906. The van der Waals surface area contributed by atoms with Crippen molar-refractivity contribution < 1.29 is 14.3 Å². The third kappa shape index (κ3) is 1.28. The van der Waals surface area contributed by atoms with E-state index in [1.807, 2.05) is 0 Å². The van der Waals surface area contributed by atoms with E-state index in [1.54, 1.807) is 11.6 Å². The molecular formula is C6H10NO3P. The molecule has 0 N–H and O–H groups in total. The molecule has 1 fully saturated rings. The van der Waals surface area contributed by atoms with E-state index in [2.05, 4.69) is 9.39 Å². The van der Waals surface area contributed by atoms with Crippen molar-refractivity contribution in [2.75, 3.05) is 6.73 Å². The SMILES string of the molecule is CC1(CC=O)C(=O)OCN1P. The van der Waals surface area contributed by atoms with Gasteiger partial charge in [-0.3, -0.25) is 0 Å². The van der Waals surface area contributed by atoms with Crippen LogP contribution in [0.25, 0.3) is 0 Å². The summed E-state index contributed by atoms with van der Waals surface area (Å²) in [5, 5.41) is 0. The van der Waals surface area contributed by atoms with Gasteiger partial charge < -0.3 is 9.53 Å². The molecule has 0 aromatic carbocycles. The standard InChI is InChI=1S/C6H10NO3P/c1-6(2-3-8)5(9)10-4-7(6)11/h3H,2,4,11H2,1H3. The fourth-order valence-corrected chi connectivity index (χ4v) is 1.19. The van der Waals surface area contributed by atoms with Crippen LogP contribution in [0.3, 0.4) is 0 Å². The third-order valence-electron chi connectivity index (χ3n) is 1.89. The Balaban J connectivity index is 2.79. The molecule has 5 heteroatoms. The van der Waals surface area contributed by atoms with E-state index < -0.39 is 5.54 Å². The number of nitrogens with zero attached hydrogens (tertiary/aromatic N) is 1. The number of cyclic esters (lactones) is 1. The molecule has 11 heavy (non-hydrogen) atoms. The predicted octanol–water partition coefficient (Wildman–Crippen LogP) is -0.0595. The molecule has 1 saturated heterocycles. The molecule has 0 amide bonds. The van der Waals surface area contributed by atoms with Crippen LogP contribution in [0.5, 0.6) is 0 Å². The zero-order valence-corrected chi connectivity index (χ0v) is 7.40. The average molecular weight is 175 g/mol. The summed E-state index contributed by atoms with van der Waals surface area (Å²) in [5.41, 5.74) is -0.771. The first kappa shape index (κ1) is 8.62. The summed E-state index contributed by atoms with van der Waals surface area (Å²) in [6, 6.07) is 0. The highest BCUT2D eigenvalue weighted by molar-refractivity contribution is 7.13. The van der Waals surface area contributed by atoms with Crippen LogP contribution in [0, 0.1) is 0 Å². The van der Waals surface area contributed by atoms with Crippen molar-refractivity contribution in [3.8, 4) is 0 Å². The van der Waals surface area contributed by atoms with Crippen LogP contribution in [-0.4, -0.2) is 29.2 Å². The van der Waals surface area contributed by atoms with Gasteiger partial charge in [0.1, 0.15) is 18.6 Å². The Hall–Kier alpha value is -0.470. The van der Waals surface area contributed by atoms with E-state index in [0.717, 1.165) is 6.29 Å². The molecule has 0 aliphatic carbocycles. The van der Waals surface area contributed by atoms with Gasteiger partial charge in [-0.1, -0.05) is 9.39 Å². The van der Waals surface area contributed by atoms with Gasteiger partial charge in [0.05, 0.1) is 0 Å². The maximum absolute atomic E-state index is 11.1. The van der Waals surface area contributed by atoms with Gasteiger partial charge >= 0.3 is 5.97 Å². The Morgan fingerprint density at radius 1 is 1.91 bits per heavy atom. The summed E-state index contributed by atoms with van der Waals surface area (Å²) in [4.78, 5) is 21.3. The van der Waals surface area contributed by atoms with Crippen molar-refractivity contribution in [1.82, 2.24) is 4.67 Å². The minimum absolute atomic E-state index is 0.176. The first-order valence-corrected chi connectivity index (χ1v) is 3.76. The molecule has 0 bridgehead atoms. The highest BCUT2D eigenvalue weighted by atomic mass is 31.0. The molecule has 1 aliphatic rings. The summed E-state index contributed by atoms with van der Waals surface area (Å²) in [6.45, 7) is 1.93. The van der Waals surface area contributed by atoms with Crippen LogP contribution in [0.4, 0.5) is 0 Å². The number of carbonyl (C=O) groups excluding carboxylic acids is 2. The number of hydrogen-bond donors (Lipinski definition) is 0. The highest BCUT2D eigenvalue weighted by Gasteiger charge is 2.44. The largest absolute Gasteiger partial charge is 0.448 e. The van der Waals surface area contributed by atoms with Gasteiger partial charge in [-0.2, -0.15) is 0 Å². The van der Waals surface area contributed by atoms with E-state index >= 15 is 0 Å². The quantitative estimate of drug-likeness (QED) is 0.335. The Morgan fingerprint density at radius 2 is 2.55 bits per heavy atom. The first-order chi connectivity index (χ1) is 5.11. The monoisotopic (exact) mass is 175 g/mol. The second-order valence-electron chi connectivity index (χ2n) is 2.68. The minimum atomic E-state index is -0.771. The summed E-state index contributed by atoms with van der Waals surface area (Å²) in [6.07, 6.45) is 0.902. The maximum Gasteiger partial charge on any atom is 0.328 e. The number of aldehydes is 1. The van der Waals surface area contributed by atoms with Crippen LogP contribution in [0.2, 0.25) is 0 Å². The lowest BCUT2D eigenvalue weighted by Crippen LogP contribution is -2.40. The number of rotatable bonds is 2. The van der Waals surface area contributed by atoms with E-state index in [4.69, 9.17) is 4.74 Å². The van der Waals surface area contributed by atoms with Crippen LogP contribution in [0.15, 0.2) is 0 Å². The zero-order valence-electron chi connectivity index (χ0n) is 6.24. The molecular weight excluding hydrogens is 165 g/mol. The van der Waals surface area contributed by atoms with E-state index in [1.165, 1.54) is 0 Å². The molecule has 4 nitrogen and oxygen atoms in total. The smallest absolute Gasteiger partial charge is 0.328 e. The Bertz CT molecular complexity index is 196. The molecule has 0 aromatic rings. The van der Waals surface area contributed by atoms with Crippen molar-refractivity contribution in [2.45, 2.75) is 18.9 Å². The van der Waals surface area contributed by atoms with Gasteiger partial charge in [-0.25, -0.2) is 9.46 Å². The molecule has 0 aromatic heterocycles. The van der Waals surface area contributed by atoms with E-state index in [0.29, 0.717) is 0 Å². The molecule has 0 saturated carbocycles. The van der Waals surface area contributed by atoms with Crippen molar-refractivity contribution in [2.24, 2.45) is 0 Å².